The number of nitrogens with one attached hydrogen (secondary N) is 3. The zero-order valence-electron chi connectivity index (χ0n) is 15.7. The Morgan fingerprint density at radius 2 is 2.22 bits per heavy atom. The summed E-state index contributed by atoms with van der Waals surface area (Å²) in [5.74, 6) is 2.66. The van der Waals surface area contributed by atoms with Gasteiger partial charge >= 0.3 is 0 Å². The number of aromatic amines is 1. The molecule has 2 aromatic heterocycles. The van der Waals surface area contributed by atoms with Gasteiger partial charge in [0.25, 0.3) is 0 Å². The van der Waals surface area contributed by atoms with Crippen LogP contribution in [0.5, 0.6) is 0 Å². The van der Waals surface area contributed by atoms with Gasteiger partial charge < -0.3 is 15.1 Å². The fourth-order valence-corrected chi connectivity index (χ4v) is 2.99. The van der Waals surface area contributed by atoms with Crippen molar-refractivity contribution in [1.29, 1.82) is 0 Å². The van der Waals surface area contributed by atoms with Gasteiger partial charge in [0.05, 0.1) is 12.0 Å². The lowest BCUT2D eigenvalue weighted by Crippen LogP contribution is -2.43. The molecule has 0 saturated heterocycles. The summed E-state index contributed by atoms with van der Waals surface area (Å²) in [5, 5.41) is 13.4. The molecule has 0 spiro atoms. The van der Waals surface area contributed by atoms with Crippen LogP contribution in [-0.4, -0.2) is 60.7 Å². The maximum Gasteiger partial charge on any atom is 0.216 e. The molecule has 0 radical (unpaired) electrons. The van der Waals surface area contributed by atoms with Crippen molar-refractivity contribution >= 4 is 39.8 Å². The monoisotopic (exact) mass is 510 g/mol. The van der Waals surface area contributed by atoms with Gasteiger partial charge in [-0.15, -0.1) is 24.0 Å². The summed E-state index contributed by atoms with van der Waals surface area (Å²) in [6.45, 7) is 5.14. The van der Waals surface area contributed by atoms with E-state index in [1.165, 1.54) is 6.26 Å². The maximum atomic E-state index is 11.3. The molecule has 2 aromatic rings. The SMILES string of the molecule is CCNC(=NCCc1nc(-c2ccco2)n[nH]1)NC(C)CCS(C)(=O)=O.I. The summed E-state index contributed by atoms with van der Waals surface area (Å²) >= 11 is 0. The highest BCUT2D eigenvalue weighted by atomic mass is 127. The summed E-state index contributed by atoms with van der Waals surface area (Å²) in [5.41, 5.74) is 0. The molecule has 0 saturated carbocycles. The third kappa shape index (κ3) is 8.73. The Morgan fingerprint density at radius 1 is 1.44 bits per heavy atom. The highest BCUT2D eigenvalue weighted by Gasteiger charge is 2.10. The van der Waals surface area contributed by atoms with Crippen LogP contribution in [0.4, 0.5) is 0 Å². The van der Waals surface area contributed by atoms with Crippen molar-refractivity contribution in [1.82, 2.24) is 25.8 Å². The Balaban J connectivity index is 0.00000364. The van der Waals surface area contributed by atoms with Crippen molar-refractivity contribution in [3.63, 3.8) is 0 Å². The van der Waals surface area contributed by atoms with Crippen LogP contribution in [0.1, 0.15) is 26.1 Å². The number of furan rings is 1. The number of hydrogen-bond acceptors (Lipinski definition) is 6. The van der Waals surface area contributed by atoms with E-state index < -0.39 is 9.84 Å². The van der Waals surface area contributed by atoms with Gasteiger partial charge in [0.15, 0.2) is 11.7 Å². The van der Waals surface area contributed by atoms with E-state index >= 15 is 0 Å². The van der Waals surface area contributed by atoms with E-state index in [2.05, 4.69) is 30.8 Å². The Bertz CT molecular complexity index is 804. The number of aliphatic imine (C=N–C) groups is 1. The van der Waals surface area contributed by atoms with Gasteiger partial charge in [-0.25, -0.2) is 13.4 Å². The number of H-pyrrole nitrogens is 1. The lowest BCUT2D eigenvalue weighted by atomic mass is 10.3. The number of guanidine groups is 1. The third-order valence-corrected chi connectivity index (χ3v) is 4.52. The highest BCUT2D eigenvalue weighted by molar-refractivity contribution is 14.0. The van der Waals surface area contributed by atoms with E-state index in [1.54, 1.807) is 18.4 Å². The topological polar surface area (TPSA) is 125 Å². The molecule has 0 aliphatic heterocycles. The van der Waals surface area contributed by atoms with E-state index in [-0.39, 0.29) is 35.8 Å². The maximum absolute atomic E-state index is 11.3. The number of nitrogens with zero attached hydrogens (tertiary/aromatic N) is 3. The van der Waals surface area contributed by atoms with Crippen molar-refractivity contribution < 1.29 is 12.8 Å². The average Bonchev–Trinajstić information content (AvgIpc) is 3.23. The van der Waals surface area contributed by atoms with E-state index in [1.807, 2.05) is 13.8 Å². The Labute approximate surface area is 176 Å². The molecule has 3 N–H and O–H groups in total. The smallest absolute Gasteiger partial charge is 0.216 e. The van der Waals surface area contributed by atoms with Crippen LogP contribution in [0.25, 0.3) is 11.6 Å². The molecule has 0 aliphatic rings. The molecule has 2 rings (SSSR count). The van der Waals surface area contributed by atoms with E-state index in [0.29, 0.717) is 36.9 Å². The van der Waals surface area contributed by atoms with Crippen molar-refractivity contribution in [3.8, 4) is 11.6 Å². The second-order valence-corrected chi connectivity index (χ2v) is 8.32. The molecule has 0 bridgehead atoms. The van der Waals surface area contributed by atoms with Gasteiger partial charge in [-0.2, -0.15) is 5.10 Å². The predicted octanol–water partition coefficient (Wildman–Crippen LogP) is 1.60. The fraction of sp³-hybridized carbons (Fsp3) is 0.562. The highest BCUT2D eigenvalue weighted by Crippen LogP contribution is 2.14. The van der Waals surface area contributed by atoms with Crippen LogP contribution in [0.2, 0.25) is 0 Å². The quantitative estimate of drug-likeness (QED) is 0.266. The predicted molar refractivity (Wildman–Crippen MR) is 116 cm³/mol. The van der Waals surface area contributed by atoms with Crippen LogP contribution < -0.4 is 10.6 Å². The molecule has 0 fully saturated rings. The van der Waals surface area contributed by atoms with Gasteiger partial charge in [0, 0.05) is 31.8 Å². The Kier molecular flexibility index (Phi) is 9.77. The standard InChI is InChI=1S/C16H26N6O3S.HI/c1-4-17-16(19-12(2)8-11-26(3,23)24)18-9-7-14-20-15(22-21-14)13-6-5-10-25-13;/h5-6,10,12H,4,7-9,11H2,1-3H3,(H2,17,18,19)(H,20,21,22);1H. The first kappa shape index (κ1) is 23.4. The fourth-order valence-electron chi connectivity index (χ4n) is 2.21. The van der Waals surface area contributed by atoms with Crippen molar-refractivity contribution in [3.05, 3.63) is 24.2 Å². The van der Waals surface area contributed by atoms with Gasteiger partial charge in [-0.1, -0.05) is 0 Å². The van der Waals surface area contributed by atoms with Crippen LogP contribution >= 0.6 is 24.0 Å². The lowest BCUT2D eigenvalue weighted by Gasteiger charge is -2.17. The van der Waals surface area contributed by atoms with Gasteiger partial charge in [-0.05, 0) is 32.4 Å². The summed E-state index contributed by atoms with van der Waals surface area (Å²) in [6.07, 6.45) is 3.95. The van der Waals surface area contributed by atoms with Crippen molar-refractivity contribution in [2.45, 2.75) is 32.7 Å². The second kappa shape index (κ2) is 11.3. The minimum Gasteiger partial charge on any atom is -0.461 e. The molecule has 11 heteroatoms. The van der Waals surface area contributed by atoms with Crippen LogP contribution in [0, 0.1) is 0 Å². The average molecular weight is 510 g/mol. The first-order chi connectivity index (χ1) is 12.4. The molecule has 2 heterocycles. The van der Waals surface area contributed by atoms with Crippen LogP contribution in [-0.2, 0) is 16.3 Å². The molecular formula is C16H27IN6O3S. The molecule has 27 heavy (non-hydrogen) atoms. The Morgan fingerprint density at radius 3 is 2.85 bits per heavy atom. The minimum atomic E-state index is -2.96. The minimum absolute atomic E-state index is 0. The zero-order valence-corrected chi connectivity index (χ0v) is 18.9. The van der Waals surface area contributed by atoms with Crippen molar-refractivity contribution in [2.24, 2.45) is 4.99 Å². The lowest BCUT2D eigenvalue weighted by molar-refractivity contribution is 0.577. The van der Waals surface area contributed by atoms with Crippen LogP contribution in [0.3, 0.4) is 0 Å². The van der Waals surface area contributed by atoms with Gasteiger partial charge in [0.2, 0.25) is 5.82 Å². The number of sulfone groups is 1. The molecule has 9 nitrogen and oxygen atoms in total. The van der Waals surface area contributed by atoms with Crippen molar-refractivity contribution in [2.75, 3.05) is 25.1 Å². The van der Waals surface area contributed by atoms with Gasteiger partial charge in [-0.3, -0.25) is 10.1 Å². The number of aromatic nitrogens is 3. The van der Waals surface area contributed by atoms with E-state index in [9.17, 15) is 8.42 Å². The summed E-state index contributed by atoms with van der Waals surface area (Å²) in [7, 11) is -2.96. The molecule has 0 aliphatic carbocycles. The largest absolute Gasteiger partial charge is 0.461 e. The summed E-state index contributed by atoms with van der Waals surface area (Å²) in [4.78, 5) is 8.87. The number of hydrogen-bond donors (Lipinski definition) is 3. The second-order valence-electron chi connectivity index (χ2n) is 6.06. The number of rotatable bonds is 9. The molecule has 0 amide bonds. The van der Waals surface area contributed by atoms with Crippen LogP contribution in [0.15, 0.2) is 27.8 Å². The zero-order chi connectivity index (χ0) is 19.0. The molecule has 0 aromatic carbocycles. The molecule has 152 valence electrons. The number of halogens is 1. The Hall–Kier alpha value is -1.63. The normalized spacial score (nSPS) is 13.1. The van der Waals surface area contributed by atoms with E-state index in [0.717, 1.165) is 12.4 Å². The van der Waals surface area contributed by atoms with E-state index in [4.69, 9.17) is 4.42 Å². The summed E-state index contributed by atoms with van der Waals surface area (Å²) < 4.78 is 27.8. The third-order valence-electron chi connectivity index (χ3n) is 3.54. The molecule has 1 atom stereocenters. The molecular weight excluding hydrogens is 483 g/mol. The molecule has 1 unspecified atom stereocenters. The first-order valence-electron chi connectivity index (χ1n) is 8.55. The summed E-state index contributed by atoms with van der Waals surface area (Å²) in [6, 6.07) is 3.59. The first-order valence-corrected chi connectivity index (χ1v) is 10.6. The van der Waals surface area contributed by atoms with Gasteiger partial charge in [0.1, 0.15) is 15.7 Å².